The van der Waals surface area contributed by atoms with E-state index in [0.29, 0.717) is 18.5 Å². The van der Waals surface area contributed by atoms with Crippen LogP contribution in [-0.4, -0.2) is 41.1 Å². The zero-order chi connectivity index (χ0) is 15.0. The van der Waals surface area contributed by atoms with Crippen molar-refractivity contribution in [2.24, 2.45) is 5.92 Å². The number of carbonyl (C=O) groups is 2. The number of hydrogen-bond donors (Lipinski definition) is 2. The predicted octanol–water partition coefficient (Wildman–Crippen LogP) is 2.85. The molecule has 5 nitrogen and oxygen atoms in total. The lowest BCUT2D eigenvalue weighted by atomic mass is 9.95. The predicted molar refractivity (Wildman–Crippen MR) is 78.7 cm³/mol. The minimum absolute atomic E-state index is 0.0505. The molecule has 2 N–H and O–H groups in total. The van der Waals surface area contributed by atoms with Crippen molar-refractivity contribution in [3.8, 4) is 0 Å². The molecule has 2 atom stereocenters. The maximum Gasteiger partial charge on any atom is 0.317 e. The average molecular weight is 284 g/mol. The summed E-state index contributed by atoms with van der Waals surface area (Å²) in [6, 6.07) is 0.386. The maximum absolute atomic E-state index is 12.1. The van der Waals surface area contributed by atoms with Crippen LogP contribution in [0.3, 0.4) is 0 Å². The highest BCUT2D eigenvalue weighted by molar-refractivity contribution is 5.74. The van der Waals surface area contributed by atoms with Gasteiger partial charge in [-0.25, -0.2) is 4.79 Å². The second-order valence-electron chi connectivity index (χ2n) is 5.97. The number of urea groups is 1. The molecule has 1 aliphatic rings. The van der Waals surface area contributed by atoms with Crippen molar-refractivity contribution in [2.45, 2.75) is 64.8 Å². The highest BCUT2D eigenvalue weighted by Gasteiger charge is 2.26. The van der Waals surface area contributed by atoms with E-state index in [4.69, 9.17) is 5.11 Å². The molecule has 5 heteroatoms. The van der Waals surface area contributed by atoms with Crippen molar-refractivity contribution in [3.05, 3.63) is 0 Å². The normalized spacial score (nSPS) is 22.6. The molecular weight excluding hydrogens is 256 g/mol. The molecule has 1 fully saturated rings. The Morgan fingerprint density at radius 1 is 1.15 bits per heavy atom. The molecule has 1 saturated heterocycles. The van der Waals surface area contributed by atoms with Gasteiger partial charge in [0.25, 0.3) is 0 Å². The lowest BCUT2D eigenvalue weighted by Gasteiger charge is -2.36. The van der Waals surface area contributed by atoms with Crippen LogP contribution in [-0.2, 0) is 4.79 Å². The molecule has 0 aliphatic carbocycles. The summed E-state index contributed by atoms with van der Waals surface area (Å²) in [5, 5.41) is 11.5. The van der Waals surface area contributed by atoms with Crippen molar-refractivity contribution in [3.63, 3.8) is 0 Å². The number of unbranched alkanes of at least 4 members (excludes halogenated alkanes) is 3. The fourth-order valence-corrected chi connectivity index (χ4v) is 2.62. The van der Waals surface area contributed by atoms with Crippen molar-refractivity contribution < 1.29 is 14.7 Å². The van der Waals surface area contributed by atoms with Gasteiger partial charge in [0.2, 0.25) is 0 Å². The van der Waals surface area contributed by atoms with Gasteiger partial charge in [-0.3, -0.25) is 4.79 Å². The lowest BCUT2D eigenvalue weighted by molar-refractivity contribution is -0.137. The maximum atomic E-state index is 12.1. The summed E-state index contributed by atoms with van der Waals surface area (Å²) in [4.78, 5) is 24.4. The van der Waals surface area contributed by atoms with E-state index in [9.17, 15) is 9.59 Å². The average Bonchev–Trinajstić information content (AvgIpc) is 2.39. The number of carbonyl (C=O) groups excluding carboxylic acids is 1. The van der Waals surface area contributed by atoms with E-state index in [1.165, 1.54) is 6.42 Å². The van der Waals surface area contributed by atoms with E-state index in [1.54, 1.807) is 0 Å². The number of nitrogens with one attached hydrogen (secondary N) is 1. The third-order valence-electron chi connectivity index (χ3n) is 3.97. The molecule has 1 rings (SSSR count). The van der Waals surface area contributed by atoms with Gasteiger partial charge < -0.3 is 15.3 Å². The van der Waals surface area contributed by atoms with Crippen LogP contribution in [0.25, 0.3) is 0 Å². The van der Waals surface area contributed by atoms with Crippen LogP contribution in [0.5, 0.6) is 0 Å². The third-order valence-corrected chi connectivity index (χ3v) is 3.97. The molecule has 0 bridgehead atoms. The second-order valence-corrected chi connectivity index (χ2v) is 5.97. The van der Waals surface area contributed by atoms with Gasteiger partial charge in [-0.05, 0) is 38.5 Å². The van der Waals surface area contributed by atoms with Gasteiger partial charge in [0.15, 0.2) is 0 Å². The van der Waals surface area contributed by atoms with Crippen molar-refractivity contribution >= 4 is 12.0 Å². The fraction of sp³-hybridized carbons (Fsp3) is 0.867. The number of piperidine rings is 1. The first-order valence-corrected chi connectivity index (χ1v) is 7.77. The minimum atomic E-state index is -0.730. The van der Waals surface area contributed by atoms with E-state index in [0.717, 1.165) is 38.6 Å². The summed E-state index contributed by atoms with van der Waals surface area (Å²) in [5.41, 5.74) is 0. The van der Waals surface area contributed by atoms with E-state index in [-0.39, 0.29) is 12.5 Å². The standard InChI is InChI=1S/C15H28N2O3/c1-12-8-9-13(2)17(11-12)15(20)16-10-6-4-3-5-7-14(18)19/h12-13H,3-11H2,1-2H3,(H,16,20)(H,18,19). The molecule has 0 radical (unpaired) electrons. The highest BCUT2D eigenvalue weighted by atomic mass is 16.4. The van der Waals surface area contributed by atoms with Crippen molar-refractivity contribution in [1.82, 2.24) is 10.2 Å². The molecule has 116 valence electrons. The van der Waals surface area contributed by atoms with Crippen molar-refractivity contribution in [2.75, 3.05) is 13.1 Å². The Bertz CT molecular complexity index is 320. The van der Waals surface area contributed by atoms with Gasteiger partial charge in [-0.15, -0.1) is 0 Å². The smallest absolute Gasteiger partial charge is 0.317 e. The lowest BCUT2D eigenvalue weighted by Crippen LogP contribution is -2.49. The number of carboxylic acid groups (broad SMARTS) is 1. The first-order chi connectivity index (χ1) is 9.50. The highest BCUT2D eigenvalue weighted by Crippen LogP contribution is 2.21. The molecule has 1 heterocycles. The van der Waals surface area contributed by atoms with Crippen LogP contribution in [0.1, 0.15) is 58.8 Å². The first-order valence-electron chi connectivity index (χ1n) is 7.77. The van der Waals surface area contributed by atoms with E-state index >= 15 is 0 Å². The molecule has 0 aromatic rings. The number of amides is 2. The molecule has 1 aliphatic heterocycles. The van der Waals surface area contributed by atoms with Crippen LogP contribution in [0, 0.1) is 5.92 Å². The fourth-order valence-electron chi connectivity index (χ4n) is 2.62. The molecule has 20 heavy (non-hydrogen) atoms. The third kappa shape index (κ3) is 6.26. The van der Waals surface area contributed by atoms with E-state index in [1.807, 2.05) is 4.90 Å². The van der Waals surface area contributed by atoms with Gasteiger partial charge in [0, 0.05) is 25.6 Å². The van der Waals surface area contributed by atoms with Gasteiger partial charge in [0.05, 0.1) is 0 Å². The number of rotatable bonds is 7. The van der Waals surface area contributed by atoms with Crippen LogP contribution >= 0.6 is 0 Å². The Labute approximate surface area is 121 Å². The monoisotopic (exact) mass is 284 g/mol. The van der Waals surface area contributed by atoms with Gasteiger partial charge in [-0.2, -0.15) is 0 Å². The summed E-state index contributed by atoms with van der Waals surface area (Å²) in [5.74, 6) is -0.139. The summed E-state index contributed by atoms with van der Waals surface area (Å²) in [6.45, 7) is 5.83. The number of aliphatic carboxylic acids is 1. The quantitative estimate of drug-likeness (QED) is 0.706. The minimum Gasteiger partial charge on any atom is -0.481 e. The molecule has 0 aromatic carbocycles. The van der Waals surface area contributed by atoms with Crippen LogP contribution in [0.4, 0.5) is 4.79 Å². The zero-order valence-electron chi connectivity index (χ0n) is 12.7. The van der Waals surface area contributed by atoms with Gasteiger partial charge in [-0.1, -0.05) is 19.8 Å². The van der Waals surface area contributed by atoms with E-state index in [2.05, 4.69) is 19.2 Å². The Balaban J connectivity index is 2.09. The summed E-state index contributed by atoms with van der Waals surface area (Å²) in [6.07, 6.45) is 6.07. The number of carboxylic acids is 1. The Kier molecular flexibility index (Phi) is 7.41. The van der Waals surface area contributed by atoms with Crippen molar-refractivity contribution in [1.29, 1.82) is 0 Å². The molecule has 0 aromatic heterocycles. The molecular formula is C15H28N2O3. The van der Waals surface area contributed by atoms with Crippen LogP contribution < -0.4 is 5.32 Å². The Hall–Kier alpha value is -1.26. The summed E-state index contributed by atoms with van der Waals surface area (Å²) >= 11 is 0. The first kappa shape index (κ1) is 16.8. The van der Waals surface area contributed by atoms with E-state index < -0.39 is 5.97 Å². The number of hydrogen-bond acceptors (Lipinski definition) is 2. The molecule has 0 saturated carbocycles. The van der Waals surface area contributed by atoms with Crippen LogP contribution in [0.2, 0.25) is 0 Å². The Morgan fingerprint density at radius 3 is 2.55 bits per heavy atom. The zero-order valence-corrected chi connectivity index (χ0v) is 12.7. The SMILES string of the molecule is CC1CCC(C)N(C(=O)NCCCCCCC(=O)O)C1. The van der Waals surface area contributed by atoms with Gasteiger partial charge >= 0.3 is 12.0 Å². The summed E-state index contributed by atoms with van der Waals surface area (Å²) < 4.78 is 0. The van der Waals surface area contributed by atoms with Crippen LogP contribution in [0.15, 0.2) is 0 Å². The number of nitrogens with zero attached hydrogens (tertiary/aromatic N) is 1. The second kappa shape index (κ2) is 8.82. The molecule has 2 amide bonds. The summed E-state index contributed by atoms with van der Waals surface area (Å²) in [7, 11) is 0. The van der Waals surface area contributed by atoms with Gasteiger partial charge in [0.1, 0.15) is 0 Å². The Morgan fingerprint density at radius 2 is 1.85 bits per heavy atom. The number of likely N-dealkylation sites (tertiary alicyclic amines) is 1. The molecule has 2 unspecified atom stereocenters. The topological polar surface area (TPSA) is 69.6 Å². The largest absolute Gasteiger partial charge is 0.481 e. The molecule has 0 spiro atoms.